The fraction of sp³-hybridized carbons (Fsp3) is 0.923. The van der Waals surface area contributed by atoms with Gasteiger partial charge >= 0.3 is 0 Å². The van der Waals surface area contributed by atoms with Crippen LogP contribution in [0.3, 0.4) is 0 Å². The van der Waals surface area contributed by atoms with Crippen LogP contribution in [-0.2, 0) is 4.79 Å². The molecule has 15 heavy (non-hydrogen) atoms. The largest absolute Gasteiger partial charge is 0.356 e. The van der Waals surface area contributed by atoms with Gasteiger partial charge in [0.2, 0.25) is 5.91 Å². The molecule has 0 atom stereocenters. The summed E-state index contributed by atoms with van der Waals surface area (Å²) in [6.45, 7) is 5.01. The summed E-state index contributed by atoms with van der Waals surface area (Å²) in [5, 5.41) is 2.93. The molecule has 1 fully saturated rings. The minimum absolute atomic E-state index is 0.284. The Morgan fingerprint density at radius 1 is 1.20 bits per heavy atom. The average molecular weight is 211 g/mol. The number of unbranched alkanes of at least 4 members (excludes halogenated alkanes) is 1. The van der Waals surface area contributed by atoms with Crippen LogP contribution in [0.25, 0.3) is 0 Å². The molecule has 1 N–H and O–H groups in total. The van der Waals surface area contributed by atoms with Gasteiger partial charge in [0.05, 0.1) is 0 Å². The third kappa shape index (κ3) is 4.23. The van der Waals surface area contributed by atoms with Crippen LogP contribution >= 0.6 is 0 Å². The van der Waals surface area contributed by atoms with E-state index in [1.54, 1.807) is 0 Å². The van der Waals surface area contributed by atoms with Crippen LogP contribution in [0, 0.1) is 11.8 Å². The Kier molecular flexibility index (Phi) is 5.74. The Balaban J connectivity index is 2.20. The van der Waals surface area contributed by atoms with Crippen molar-refractivity contribution in [3.8, 4) is 0 Å². The van der Waals surface area contributed by atoms with E-state index in [0.717, 1.165) is 25.3 Å². The van der Waals surface area contributed by atoms with Crippen molar-refractivity contribution in [2.45, 2.75) is 58.8 Å². The van der Waals surface area contributed by atoms with Gasteiger partial charge in [0, 0.05) is 12.5 Å². The third-order valence-electron chi connectivity index (χ3n) is 3.53. The molecule has 0 aromatic rings. The number of hydrogen-bond donors (Lipinski definition) is 1. The second-order valence-corrected chi connectivity index (χ2v) is 4.75. The van der Waals surface area contributed by atoms with E-state index < -0.39 is 0 Å². The lowest BCUT2D eigenvalue weighted by atomic mass is 9.79. The summed E-state index contributed by atoms with van der Waals surface area (Å²) in [5.74, 6) is 1.49. The van der Waals surface area contributed by atoms with Crippen LogP contribution in [0.15, 0.2) is 0 Å². The molecule has 0 aromatic carbocycles. The lowest BCUT2D eigenvalue weighted by Gasteiger charge is -2.27. The fourth-order valence-corrected chi connectivity index (χ4v) is 2.52. The molecule has 1 aliphatic carbocycles. The molecule has 1 aliphatic rings. The molecule has 1 saturated carbocycles. The van der Waals surface area contributed by atoms with Crippen molar-refractivity contribution in [3.63, 3.8) is 0 Å². The van der Waals surface area contributed by atoms with Crippen molar-refractivity contribution < 1.29 is 4.79 Å². The lowest BCUT2D eigenvalue weighted by molar-refractivity contribution is -0.126. The van der Waals surface area contributed by atoms with E-state index >= 15 is 0 Å². The Morgan fingerprint density at radius 3 is 2.40 bits per heavy atom. The molecular weight excluding hydrogens is 186 g/mol. The summed E-state index contributed by atoms with van der Waals surface area (Å²) in [6, 6.07) is 0. The van der Waals surface area contributed by atoms with Gasteiger partial charge in [-0.15, -0.1) is 0 Å². The quantitative estimate of drug-likeness (QED) is 0.743. The van der Waals surface area contributed by atoms with Crippen molar-refractivity contribution in [3.05, 3.63) is 0 Å². The number of carbonyl (C=O) groups excluding carboxylic acids is 1. The van der Waals surface area contributed by atoms with Crippen LogP contribution in [0.5, 0.6) is 0 Å². The van der Waals surface area contributed by atoms with Gasteiger partial charge in [0.15, 0.2) is 0 Å². The van der Waals surface area contributed by atoms with Crippen molar-refractivity contribution in [2.75, 3.05) is 6.54 Å². The molecule has 0 aliphatic heterocycles. The number of rotatable bonds is 5. The van der Waals surface area contributed by atoms with E-state index in [1.807, 2.05) is 6.92 Å². The molecule has 0 spiro atoms. The van der Waals surface area contributed by atoms with Crippen LogP contribution < -0.4 is 5.32 Å². The topological polar surface area (TPSA) is 29.1 Å². The standard InChI is InChI=1S/C13H25NO/c1-3-5-6-11-7-9-12(10-8-11)13(15)14-4-2/h11-12H,3-10H2,1-2H3,(H,14,15). The first-order chi connectivity index (χ1) is 7.27. The van der Waals surface area contributed by atoms with E-state index in [1.165, 1.54) is 32.1 Å². The molecule has 0 radical (unpaired) electrons. The average Bonchev–Trinajstić information content (AvgIpc) is 2.27. The Bertz CT molecular complexity index is 183. The first-order valence-corrected chi connectivity index (χ1v) is 6.55. The summed E-state index contributed by atoms with van der Waals surface area (Å²) in [5.41, 5.74) is 0. The fourth-order valence-electron chi connectivity index (χ4n) is 2.52. The van der Waals surface area contributed by atoms with Gasteiger partial charge in [0.1, 0.15) is 0 Å². The van der Waals surface area contributed by atoms with Crippen molar-refractivity contribution >= 4 is 5.91 Å². The normalized spacial score (nSPS) is 26.3. The van der Waals surface area contributed by atoms with Gasteiger partial charge < -0.3 is 5.32 Å². The number of hydrogen-bond acceptors (Lipinski definition) is 1. The van der Waals surface area contributed by atoms with Crippen molar-refractivity contribution in [2.24, 2.45) is 11.8 Å². The molecule has 0 bridgehead atoms. The van der Waals surface area contributed by atoms with E-state index in [-0.39, 0.29) is 5.91 Å². The summed E-state index contributed by atoms with van der Waals surface area (Å²) < 4.78 is 0. The highest BCUT2D eigenvalue weighted by Crippen LogP contribution is 2.31. The van der Waals surface area contributed by atoms with Crippen LogP contribution in [0.1, 0.15) is 58.8 Å². The van der Waals surface area contributed by atoms with Crippen LogP contribution in [0.4, 0.5) is 0 Å². The van der Waals surface area contributed by atoms with Crippen molar-refractivity contribution in [1.29, 1.82) is 0 Å². The molecule has 1 amide bonds. The first-order valence-electron chi connectivity index (χ1n) is 6.55. The minimum atomic E-state index is 0.284. The predicted octanol–water partition coefficient (Wildman–Crippen LogP) is 3.12. The summed E-state index contributed by atoms with van der Waals surface area (Å²) >= 11 is 0. The zero-order chi connectivity index (χ0) is 11.1. The molecule has 0 saturated heterocycles. The molecule has 0 unspecified atom stereocenters. The highest BCUT2D eigenvalue weighted by molar-refractivity contribution is 5.78. The lowest BCUT2D eigenvalue weighted by Crippen LogP contribution is -2.32. The van der Waals surface area contributed by atoms with Gasteiger partial charge in [-0.3, -0.25) is 4.79 Å². The molecule has 88 valence electrons. The van der Waals surface area contributed by atoms with E-state index in [9.17, 15) is 4.79 Å². The highest BCUT2D eigenvalue weighted by atomic mass is 16.1. The zero-order valence-electron chi connectivity index (χ0n) is 10.2. The maximum absolute atomic E-state index is 11.6. The van der Waals surface area contributed by atoms with Gasteiger partial charge in [0.25, 0.3) is 0 Å². The first kappa shape index (κ1) is 12.5. The maximum atomic E-state index is 11.6. The van der Waals surface area contributed by atoms with Gasteiger partial charge in [-0.2, -0.15) is 0 Å². The number of amides is 1. The molecule has 2 heteroatoms. The Morgan fingerprint density at radius 2 is 1.87 bits per heavy atom. The Hall–Kier alpha value is -0.530. The number of carbonyl (C=O) groups is 1. The molecule has 0 heterocycles. The Labute approximate surface area is 93.8 Å². The van der Waals surface area contributed by atoms with Gasteiger partial charge in [-0.25, -0.2) is 0 Å². The molecule has 2 nitrogen and oxygen atoms in total. The highest BCUT2D eigenvalue weighted by Gasteiger charge is 2.25. The number of nitrogens with one attached hydrogen (secondary N) is 1. The summed E-state index contributed by atoms with van der Waals surface area (Å²) in [7, 11) is 0. The van der Waals surface area contributed by atoms with Gasteiger partial charge in [-0.05, 0) is 38.5 Å². The maximum Gasteiger partial charge on any atom is 0.223 e. The van der Waals surface area contributed by atoms with E-state index in [4.69, 9.17) is 0 Å². The second-order valence-electron chi connectivity index (χ2n) is 4.75. The van der Waals surface area contributed by atoms with E-state index in [0.29, 0.717) is 5.92 Å². The van der Waals surface area contributed by atoms with E-state index in [2.05, 4.69) is 12.2 Å². The smallest absolute Gasteiger partial charge is 0.223 e. The summed E-state index contributed by atoms with van der Waals surface area (Å²) in [4.78, 5) is 11.6. The predicted molar refractivity (Wildman–Crippen MR) is 63.7 cm³/mol. The zero-order valence-corrected chi connectivity index (χ0v) is 10.2. The molecule has 1 rings (SSSR count). The molecular formula is C13H25NO. The third-order valence-corrected chi connectivity index (χ3v) is 3.53. The monoisotopic (exact) mass is 211 g/mol. The second kappa shape index (κ2) is 6.86. The minimum Gasteiger partial charge on any atom is -0.356 e. The van der Waals surface area contributed by atoms with Gasteiger partial charge in [-0.1, -0.05) is 26.2 Å². The van der Waals surface area contributed by atoms with Crippen molar-refractivity contribution in [1.82, 2.24) is 5.32 Å². The SMILES string of the molecule is CCCCC1CCC(C(=O)NCC)CC1. The molecule has 0 aromatic heterocycles. The summed E-state index contributed by atoms with van der Waals surface area (Å²) in [6.07, 6.45) is 8.79. The van der Waals surface area contributed by atoms with Crippen LogP contribution in [0.2, 0.25) is 0 Å². The van der Waals surface area contributed by atoms with Crippen LogP contribution in [-0.4, -0.2) is 12.5 Å².